The van der Waals surface area contributed by atoms with Crippen molar-refractivity contribution in [1.29, 1.82) is 0 Å². The fraction of sp³-hybridized carbons (Fsp3) is 0.700. The summed E-state index contributed by atoms with van der Waals surface area (Å²) in [5, 5.41) is 12.1. The zero-order chi connectivity index (χ0) is 9.90. The highest BCUT2D eigenvalue weighted by Gasteiger charge is 2.37. The van der Waals surface area contributed by atoms with Crippen molar-refractivity contribution >= 4 is 5.91 Å². The van der Waals surface area contributed by atoms with Crippen molar-refractivity contribution in [2.24, 2.45) is 5.92 Å². The molecule has 0 saturated heterocycles. The van der Waals surface area contributed by atoms with Gasteiger partial charge in [-0.3, -0.25) is 4.79 Å². The van der Waals surface area contributed by atoms with E-state index in [9.17, 15) is 9.90 Å². The third-order valence-electron chi connectivity index (χ3n) is 2.72. The SMILES string of the molecule is C=CC1CCC(CO)(NC(C)=O)C1. The molecular weight excluding hydrogens is 166 g/mol. The van der Waals surface area contributed by atoms with Crippen molar-refractivity contribution in [3.63, 3.8) is 0 Å². The zero-order valence-corrected chi connectivity index (χ0v) is 8.05. The number of carbonyl (C=O) groups is 1. The van der Waals surface area contributed by atoms with E-state index in [2.05, 4.69) is 11.9 Å². The van der Waals surface area contributed by atoms with E-state index in [1.165, 1.54) is 6.92 Å². The second-order valence-electron chi connectivity index (χ2n) is 3.86. The summed E-state index contributed by atoms with van der Waals surface area (Å²) in [7, 11) is 0. The Morgan fingerprint density at radius 2 is 2.54 bits per heavy atom. The van der Waals surface area contributed by atoms with Gasteiger partial charge in [-0.15, -0.1) is 6.58 Å². The van der Waals surface area contributed by atoms with Crippen LogP contribution in [0.25, 0.3) is 0 Å². The molecule has 0 radical (unpaired) electrons. The minimum atomic E-state index is -0.384. The summed E-state index contributed by atoms with van der Waals surface area (Å²) < 4.78 is 0. The molecule has 13 heavy (non-hydrogen) atoms. The van der Waals surface area contributed by atoms with E-state index >= 15 is 0 Å². The van der Waals surface area contributed by atoms with Crippen LogP contribution < -0.4 is 5.32 Å². The van der Waals surface area contributed by atoms with E-state index in [4.69, 9.17) is 0 Å². The van der Waals surface area contributed by atoms with Crippen molar-refractivity contribution in [1.82, 2.24) is 5.32 Å². The van der Waals surface area contributed by atoms with Gasteiger partial charge in [0.25, 0.3) is 0 Å². The first-order valence-electron chi connectivity index (χ1n) is 4.64. The fourth-order valence-corrected chi connectivity index (χ4v) is 2.04. The summed E-state index contributed by atoms with van der Waals surface area (Å²) in [6.07, 6.45) is 4.57. The summed E-state index contributed by atoms with van der Waals surface area (Å²) in [6.45, 7) is 5.24. The monoisotopic (exact) mass is 183 g/mol. The van der Waals surface area contributed by atoms with Crippen molar-refractivity contribution in [3.05, 3.63) is 12.7 Å². The number of carbonyl (C=O) groups excluding carboxylic acids is 1. The smallest absolute Gasteiger partial charge is 0.217 e. The number of aliphatic hydroxyl groups excluding tert-OH is 1. The van der Waals surface area contributed by atoms with Crippen LogP contribution in [0.15, 0.2) is 12.7 Å². The average Bonchev–Trinajstić information content (AvgIpc) is 2.48. The predicted molar refractivity (Wildman–Crippen MR) is 51.2 cm³/mol. The summed E-state index contributed by atoms with van der Waals surface area (Å²) >= 11 is 0. The van der Waals surface area contributed by atoms with E-state index in [0.717, 1.165) is 19.3 Å². The maximum Gasteiger partial charge on any atom is 0.217 e. The van der Waals surface area contributed by atoms with Gasteiger partial charge in [-0.2, -0.15) is 0 Å². The number of nitrogens with one attached hydrogen (secondary N) is 1. The molecule has 1 aliphatic carbocycles. The molecule has 2 unspecified atom stereocenters. The molecule has 0 bridgehead atoms. The van der Waals surface area contributed by atoms with Crippen LogP contribution in [-0.2, 0) is 4.79 Å². The van der Waals surface area contributed by atoms with Crippen molar-refractivity contribution in [2.45, 2.75) is 31.7 Å². The Kier molecular flexibility index (Phi) is 3.09. The predicted octanol–water partition coefficient (Wildman–Crippen LogP) is 0.840. The van der Waals surface area contributed by atoms with Gasteiger partial charge >= 0.3 is 0 Å². The summed E-state index contributed by atoms with van der Waals surface area (Å²) in [6, 6.07) is 0. The minimum absolute atomic E-state index is 0.0247. The highest BCUT2D eigenvalue weighted by Crippen LogP contribution is 2.34. The number of hydrogen-bond donors (Lipinski definition) is 2. The molecule has 2 atom stereocenters. The zero-order valence-electron chi connectivity index (χ0n) is 8.05. The van der Waals surface area contributed by atoms with Crippen molar-refractivity contribution in [2.75, 3.05) is 6.61 Å². The van der Waals surface area contributed by atoms with Crippen LogP contribution in [0.3, 0.4) is 0 Å². The summed E-state index contributed by atoms with van der Waals surface area (Å²) in [4.78, 5) is 10.9. The quantitative estimate of drug-likeness (QED) is 0.637. The molecule has 0 heterocycles. The molecule has 0 spiro atoms. The highest BCUT2D eigenvalue weighted by atomic mass is 16.3. The molecule has 74 valence electrons. The second kappa shape index (κ2) is 3.92. The third-order valence-corrected chi connectivity index (χ3v) is 2.72. The van der Waals surface area contributed by atoms with Crippen molar-refractivity contribution in [3.8, 4) is 0 Å². The fourth-order valence-electron chi connectivity index (χ4n) is 2.04. The summed E-state index contributed by atoms with van der Waals surface area (Å²) in [5.41, 5.74) is -0.384. The van der Waals surface area contributed by atoms with Crippen LogP contribution in [-0.4, -0.2) is 23.2 Å². The maximum absolute atomic E-state index is 10.9. The average molecular weight is 183 g/mol. The minimum Gasteiger partial charge on any atom is -0.394 e. The van der Waals surface area contributed by atoms with Crippen LogP contribution in [0.1, 0.15) is 26.2 Å². The first-order chi connectivity index (χ1) is 6.12. The molecule has 1 aliphatic rings. The Balaban J connectivity index is 2.61. The first kappa shape index (κ1) is 10.3. The molecular formula is C10H17NO2. The largest absolute Gasteiger partial charge is 0.394 e. The van der Waals surface area contributed by atoms with Crippen LogP contribution in [0.5, 0.6) is 0 Å². The second-order valence-corrected chi connectivity index (χ2v) is 3.86. The van der Waals surface area contributed by atoms with Gasteiger partial charge in [0.2, 0.25) is 5.91 Å². The van der Waals surface area contributed by atoms with Gasteiger partial charge < -0.3 is 10.4 Å². The third kappa shape index (κ3) is 2.31. The molecule has 0 aliphatic heterocycles. The molecule has 1 saturated carbocycles. The lowest BCUT2D eigenvalue weighted by Gasteiger charge is -2.27. The Morgan fingerprint density at radius 3 is 2.92 bits per heavy atom. The van der Waals surface area contributed by atoms with E-state index in [1.54, 1.807) is 0 Å². The van der Waals surface area contributed by atoms with Crippen LogP contribution in [0.4, 0.5) is 0 Å². The van der Waals surface area contributed by atoms with E-state index < -0.39 is 0 Å². The number of hydrogen-bond acceptors (Lipinski definition) is 2. The maximum atomic E-state index is 10.9. The molecule has 0 aromatic rings. The molecule has 1 fully saturated rings. The molecule has 3 heteroatoms. The Hall–Kier alpha value is -0.830. The lowest BCUT2D eigenvalue weighted by molar-refractivity contribution is -0.121. The number of allylic oxidation sites excluding steroid dienone is 1. The number of amides is 1. The molecule has 0 aromatic heterocycles. The Bertz CT molecular complexity index is 215. The van der Waals surface area contributed by atoms with Gasteiger partial charge in [-0.1, -0.05) is 6.08 Å². The molecule has 2 N–H and O–H groups in total. The van der Waals surface area contributed by atoms with Gasteiger partial charge in [-0.25, -0.2) is 0 Å². The summed E-state index contributed by atoms with van der Waals surface area (Å²) in [5.74, 6) is 0.359. The lowest BCUT2D eigenvalue weighted by Crippen LogP contribution is -2.48. The van der Waals surface area contributed by atoms with Gasteiger partial charge in [0.1, 0.15) is 0 Å². The number of rotatable bonds is 3. The van der Waals surface area contributed by atoms with Crippen LogP contribution >= 0.6 is 0 Å². The molecule has 3 nitrogen and oxygen atoms in total. The van der Waals surface area contributed by atoms with Gasteiger partial charge in [0, 0.05) is 6.92 Å². The van der Waals surface area contributed by atoms with Crippen molar-refractivity contribution < 1.29 is 9.90 Å². The Morgan fingerprint density at radius 1 is 1.85 bits per heavy atom. The van der Waals surface area contributed by atoms with E-state index in [1.807, 2.05) is 6.08 Å². The van der Waals surface area contributed by atoms with Gasteiger partial charge in [0.15, 0.2) is 0 Å². The van der Waals surface area contributed by atoms with E-state index in [0.29, 0.717) is 5.92 Å². The first-order valence-corrected chi connectivity index (χ1v) is 4.64. The topological polar surface area (TPSA) is 49.3 Å². The van der Waals surface area contributed by atoms with Crippen LogP contribution in [0.2, 0.25) is 0 Å². The Labute approximate surface area is 78.8 Å². The lowest BCUT2D eigenvalue weighted by atomic mass is 9.97. The van der Waals surface area contributed by atoms with E-state index in [-0.39, 0.29) is 18.1 Å². The number of aliphatic hydroxyl groups is 1. The molecule has 0 aromatic carbocycles. The molecule has 1 amide bonds. The van der Waals surface area contributed by atoms with Gasteiger partial charge in [0.05, 0.1) is 12.1 Å². The van der Waals surface area contributed by atoms with Crippen LogP contribution in [0, 0.1) is 5.92 Å². The standard InChI is InChI=1S/C10H17NO2/c1-3-9-4-5-10(6-9,7-12)11-8(2)13/h3,9,12H,1,4-7H2,2H3,(H,11,13). The normalized spacial score (nSPS) is 32.9. The molecule has 1 rings (SSSR count). The van der Waals surface area contributed by atoms with Gasteiger partial charge in [-0.05, 0) is 25.2 Å². The highest BCUT2D eigenvalue weighted by molar-refractivity contribution is 5.73.